The Morgan fingerprint density at radius 3 is 2.79 bits per heavy atom. The number of sulfonamides is 1. The van der Waals surface area contributed by atoms with Crippen molar-refractivity contribution in [3.8, 4) is 0 Å². The Hall–Kier alpha value is -1.93. The minimum Gasteiger partial charge on any atom is -0.480 e. The highest BCUT2D eigenvalue weighted by Gasteiger charge is 2.34. The number of pyridine rings is 1. The Morgan fingerprint density at radius 2 is 2.16 bits per heavy atom. The highest BCUT2D eigenvalue weighted by Crippen LogP contribution is 2.22. The standard InChI is InChI=1S/C11H13N3O4S/c1-11(2,10(15)16)14-19(17,18)8-6-13-9-7(8)4-3-5-12-9/h3-6,14H,1-2H3,(H,12,13)(H,15,16). The minimum atomic E-state index is -3.95. The minimum absolute atomic E-state index is 0.0232. The third-order valence-corrected chi connectivity index (χ3v) is 4.32. The second-order valence-corrected chi connectivity index (χ2v) is 6.24. The fourth-order valence-electron chi connectivity index (χ4n) is 1.59. The zero-order chi connectivity index (χ0) is 14.3. The first-order valence-electron chi connectivity index (χ1n) is 5.43. The van der Waals surface area contributed by atoms with E-state index in [1.807, 2.05) is 0 Å². The van der Waals surface area contributed by atoms with E-state index in [-0.39, 0.29) is 4.90 Å². The topological polar surface area (TPSA) is 112 Å². The zero-order valence-corrected chi connectivity index (χ0v) is 11.2. The average molecular weight is 283 g/mol. The summed E-state index contributed by atoms with van der Waals surface area (Å²) in [5.74, 6) is -1.26. The maximum Gasteiger partial charge on any atom is 0.324 e. The Labute approximate surface area is 109 Å². The highest BCUT2D eigenvalue weighted by molar-refractivity contribution is 7.89. The number of nitrogens with one attached hydrogen (secondary N) is 2. The molecule has 0 amide bonds. The molecule has 0 unspecified atom stereocenters. The lowest BCUT2D eigenvalue weighted by Gasteiger charge is -2.20. The maximum atomic E-state index is 12.2. The number of carbonyl (C=O) groups is 1. The predicted octanol–water partition coefficient (Wildman–Crippen LogP) is 0.704. The van der Waals surface area contributed by atoms with Crippen molar-refractivity contribution in [2.75, 3.05) is 0 Å². The number of aromatic amines is 1. The number of rotatable bonds is 4. The molecule has 0 fully saturated rings. The summed E-state index contributed by atoms with van der Waals surface area (Å²) >= 11 is 0. The van der Waals surface area contributed by atoms with Crippen molar-refractivity contribution >= 4 is 27.0 Å². The number of carboxylic acid groups (broad SMARTS) is 1. The summed E-state index contributed by atoms with van der Waals surface area (Å²) < 4.78 is 26.6. The van der Waals surface area contributed by atoms with Crippen LogP contribution in [-0.2, 0) is 14.8 Å². The third kappa shape index (κ3) is 2.45. The molecule has 0 radical (unpaired) electrons. The fourth-order valence-corrected chi connectivity index (χ4v) is 3.13. The molecule has 0 bridgehead atoms. The molecule has 2 aromatic heterocycles. The van der Waals surface area contributed by atoms with Gasteiger partial charge in [-0.15, -0.1) is 0 Å². The van der Waals surface area contributed by atoms with Crippen LogP contribution >= 0.6 is 0 Å². The molecule has 2 heterocycles. The molecule has 102 valence electrons. The van der Waals surface area contributed by atoms with Crippen LogP contribution in [0.15, 0.2) is 29.4 Å². The lowest BCUT2D eigenvalue weighted by atomic mass is 10.1. The first-order valence-corrected chi connectivity index (χ1v) is 6.92. The van der Waals surface area contributed by atoms with Crippen molar-refractivity contribution in [2.24, 2.45) is 0 Å². The molecule has 0 aliphatic carbocycles. The predicted molar refractivity (Wildman–Crippen MR) is 68.1 cm³/mol. The Balaban J connectivity index is 2.49. The summed E-state index contributed by atoms with van der Waals surface area (Å²) in [7, 11) is -3.95. The van der Waals surface area contributed by atoms with Crippen LogP contribution in [0.1, 0.15) is 13.8 Å². The molecule has 7 nitrogen and oxygen atoms in total. The number of aromatic nitrogens is 2. The molecule has 2 rings (SSSR count). The smallest absolute Gasteiger partial charge is 0.324 e. The van der Waals surface area contributed by atoms with Crippen molar-refractivity contribution in [1.82, 2.24) is 14.7 Å². The van der Waals surface area contributed by atoms with E-state index < -0.39 is 21.5 Å². The normalized spacial score (nSPS) is 12.7. The van der Waals surface area contributed by atoms with Crippen LogP contribution in [0.4, 0.5) is 0 Å². The molecule has 0 aliphatic rings. The number of H-pyrrole nitrogens is 1. The van der Waals surface area contributed by atoms with E-state index in [9.17, 15) is 13.2 Å². The van der Waals surface area contributed by atoms with Gasteiger partial charge in [0.25, 0.3) is 0 Å². The molecule has 2 aromatic rings. The van der Waals surface area contributed by atoms with Gasteiger partial charge >= 0.3 is 5.97 Å². The van der Waals surface area contributed by atoms with E-state index in [1.165, 1.54) is 26.2 Å². The summed E-state index contributed by atoms with van der Waals surface area (Å²) in [6.45, 7) is 2.56. The van der Waals surface area contributed by atoms with Gasteiger partial charge < -0.3 is 10.1 Å². The van der Waals surface area contributed by atoms with Gasteiger partial charge in [0.1, 0.15) is 16.1 Å². The van der Waals surface area contributed by atoms with E-state index in [0.29, 0.717) is 11.0 Å². The number of hydrogen-bond donors (Lipinski definition) is 3. The molecule has 0 saturated carbocycles. The summed E-state index contributed by atoms with van der Waals surface area (Å²) in [5, 5.41) is 9.38. The van der Waals surface area contributed by atoms with Gasteiger partial charge in [-0.3, -0.25) is 4.79 Å². The monoisotopic (exact) mass is 283 g/mol. The largest absolute Gasteiger partial charge is 0.480 e. The quantitative estimate of drug-likeness (QED) is 0.764. The number of fused-ring (bicyclic) bond motifs is 1. The zero-order valence-electron chi connectivity index (χ0n) is 10.3. The van der Waals surface area contributed by atoms with Gasteiger partial charge in [0.15, 0.2) is 0 Å². The fraction of sp³-hybridized carbons (Fsp3) is 0.273. The molecule has 19 heavy (non-hydrogen) atoms. The highest BCUT2D eigenvalue weighted by atomic mass is 32.2. The lowest BCUT2D eigenvalue weighted by Crippen LogP contribution is -2.49. The molecule has 0 saturated heterocycles. The van der Waals surface area contributed by atoms with Crippen LogP contribution in [0.25, 0.3) is 11.0 Å². The van der Waals surface area contributed by atoms with Crippen LogP contribution in [0.3, 0.4) is 0 Å². The van der Waals surface area contributed by atoms with Gasteiger partial charge in [0, 0.05) is 17.8 Å². The number of aliphatic carboxylic acids is 1. The van der Waals surface area contributed by atoms with Crippen molar-refractivity contribution in [3.63, 3.8) is 0 Å². The van der Waals surface area contributed by atoms with Gasteiger partial charge in [-0.1, -0.05) is 0 Å². The number of nitrogens with zero attached hydrogens (tertiary/aromatic N) is 1. The molecule has 0 spiro atoms. The molecule has 0 aromatic carbocycles. The first kappa shape index (κ1) is 13.5. The SMILES string of the molecule is CC(C)(NS(=O)(=O)c1c[nH]c2ncccc12)C(=O)O. The molecular formula is C11H13N3O4S. The molecule has 0 aliphatic heterocycles. The van der Waals surface area contributed by atoms with Crippen LogP contribution < -0.4 is 4.72 Å². The Morgan fingerprint density at radius 1 is 1.47 bits per heavy atom. The van der Waals surface area contributed by atoms with Crippen LogP contribution in [0.5, 0.6) is 0 Å². The van der Waals surface area contributed by atoms with Crippen molar-refractivity contribution in [1.29, 1.82) is 0 Å². The summed E-state index contributed by atoms with van der Waals surface area (Å²) in [5.41, 5.74) is -1.17. The van der Waals surface area contributed by atoms with Gasteiger partial charge in [-0.05, 0) is 26.0 Å². The second kappa shape index (κ2) is 4.32. The molecular weight excluding hydrogens is 270 g/mol. The van der Waals surface area contributed by atoms with Crippen molar-refractivity contribution in [3.05, 3.63) is 24.5 Å². The van der Waals surface area contributed by atoms with E-state index >= 15 is 0 Å². The van der Waals surface area contributed by atoms with Crippen LogP contribution in [0.2, 0.25) is 0 Å². The van der Waals surface area contributed by atoms with E-state index in [2.05, 4.69) is 14.7 Å². The second-order valence-electron chi connectivity index (χ2n) is 4.59. The van der Waals surface area contributed by atoms with Crippen molar-refractivity contribution in [2.45, 2.75) is 24.3 Å². The van der Waals surface area contributed by atoms with E-state index in [4.69, 9.17) is 5.11 Å². The Kier molecular flexibility index (Phi) is 3.07. The summed E-state index contributed by atoms with van der Waals surface area (Å²) in [6.07, 6.45) is 2.82. The number of hydrogen-bond acceptors (Lipinski definition) is 4. The van der Waals surface area contributed by atoms with E-state index in [0.717, 1.165) is 0 Å². The lowest BCUT2D eigenvalue weighted by molar-refractivity contribution is -0.142. The van der Waals surface area contributed by atoms with Gasteiger partial charge in [0.05, 0.1) is 0 Å². The molecule has 0 atom stereocenters. The summed E-state index contributed by atoms with van der Waals surface area (Å²) in [4.78, 5) is 17.7. The Bertz CT molecular complexity index is 733. The van der Waals surface area contributed by atoms with Crippen LogP contribution in [0, 0.1) is 0 Å². The van der Waals surface area contributed by atoms with E-state index in [1.54, 1.807) is 12.1 Å². The number of carboxylic acids is 1. The van der Waals surface area contributed by atoms with Gasteiger partial charge in [0.2, 0.25) is 10.0 Å². The van der Waals surface area contributed by atoms with Gasteiger partial charge in [-0.25, -0.2) is 13.4 Å². The third-order valence-electron chi connectivity index (χ3n) is 2.63. The van der Waals surface area contributed by atoms with Crippen molar-refractivity contribution < 1.29 is 18.3 Å². The van der Waals surface area contributed by atoms with Gasteiger partial charge in [-0.2, -0.15) is 4.72 Å². The first-order chi connectivity index (χ1) is 8.74. The van der Waals surface area contributed by atoms with Crippen LogP contribution in [-0.4, -0.2) is 35.0 Å². The maximum absolute atomic E-state index is 12.2. The molecule has 8 heteroatoms. The average Bonchev–Trinajstić information content (AvgIpc) is 2.71. The summed E-state index contributed by atoms with van der Waals surface area (Å²) in [6, 6.07) is 3.21. The molecule has 3 N–H and O–H groups in total.